The van der Waals surface area contributed by atoms with Crippen LogP contribution in [-0.2, 0) is 0 Å². The fraction of sp³-hybridized carbons (Fsp3) is 0.632. The topological polar surface area (TPSA) is 67.1 Å². The summed E-state index contributed by atoms with van der Waals surface area (Å²) in [4.78, 5) is 11.5. The van der Waals surface area contributed by atoms with E-state index in [1.807, 2.05) is 30.8 Å². The quantitative estimate of drug-likeness (QED) is 0.930. The average molecular weight is 341 g/mol. The number of aliphatic hydroxyl groups is 1. The number of hydrogen-bond donors (Lipinski definition) is 1. The van der Waals surface area contributed by atoms with E-state index in [0.717, 1.165) is 29.4 Å². The van der Waals surface area contributed by atoms with E-state index in [9.17, 15) is 5.11 Å². The number of hydrogen-bond acceptors (Lipinski definition) is 5. The van der Waals surface area contributed by atoms with E-state index in [2.05, 4.69) is 15.0 Å². The number of aryl methyl sites for hydroxylation is 2. The van der Waals surface area contributed by atoms with E-state index >= 15 is 0 Å². The molecule has 1 N–H and O–H groups in total. The highest BCUT2D eigenvalue weighted by atomic mass is 16.3. The van der Waals surface area contributed by atoms with Crippen LogP contribution in [0.5, 0.6) is 0 Å². The molecule has 2 aromatic heterocycles. The molecule has 1 aliphatic carbocycles. The van der Waals surface area contributed by atoms with Crippen molar-refractivity contribution in [3.63, 3.8) is 0 Å². The van der Waals surface area contributed by atoms with Crippen molar-refractivity contribution in [1.82, 2.24) is 19.7 Å². The van der Waals surface area contributed by atoms with Gasteiger partial charge in [0, 0.05) is 18.3 Å². The molecule has 2 atom stereocenters. The molecule has 25 heavy (non-hydrogen) atoms. The molecule has 6 nitrogen and oxygen atoms in total. The summed E-state index contributed by atoms with van der Waals surface area (Å²) in [5.74, 6) is 2.26. The Balaban J connectivity index is 1.63. The number of rotatable bonds is 3. The maximum atomic E-state index is 10.3. The SMILES string of the molecule is Cc1cc(C)n(-c2cncc(N3C[C@@H](O)C[C@@H]3C3CCCCC3)n2)n1. The summed E-state index contributed by atoms with van der Waals surface area (Å²) < 4.78 is 1.84. The second-order valence-electron chi connectivity index (χ2n) is 7.58. The van der Waals surface area contributed by atoms with Crippen molar-refractivity contribution in [2.24, 2.45) is 5.92 Å². The van der Waals surface area contributed by atoms with Gasteiger partial charge >= 0.3 is 0 Å². The van der Waals surface area contributed by atoms with Crippen LogP contribution in [0.4, 0.5) is 5.82 Å². The molecule has 6 heteroatoms. The predicted octanol–water partition coefficient (Wildman–Crippen LogP) is 2.80. The standard InChI is InChI=1S/C19H27N5O/c1-13-8-14(2)24(22-13)19-11-20-10-18(21-19)23-12-16(25)9-17(23)15-6-4-3-5-7-15/h8,10-11,15-17,25H,3-7,9,12H2,1-2H3/t16-,17+/m0/s1. The number of nitrogens with zero attached hydrogens (tertiary/aromatic N) is 5. The molecule has 0 bridgehead atoms. The van der Waals surface area contributed by atoms with Gasteiger partial charge in [0.25, 0.3) is 0 Å². The highest BCUT2D eigenvalue weighted by Gasteiger charge is 2.37. The third-order valence-electron chi connectivity index (χ3n) is 5.65. The lowest BCUT2D eigenvalue weighted by atomic mass is 9.83. The molecular formula is C19H27N5O. The summed E-state index contributed by atoms with van der Waals surface area (Å²) in [6.45, 7) is 4.66. The van der Waals surface area contributed by atoms with Crippen molar-refractivity contribution < 1.29 is 5.11 Å². The van der Waals surface area contributed by atoms with Crippen LogP contribution in [0.1, 0.15) is 49.9 Å². The molecule has 0 aromatic carbocycles. The minimum atomic E-state index is -0.272. The van der Waals surface area contributed by atoms with E-state index < -0.39 is 0 Å². The van der Waals surface area contributed by atoms with Gasteiger partial charge in [-0.15, -0.1) is 0 Å². The second kappa shape index (κ2) is 6.75. The van der Waals surface area contributed by atoms with Gasteiger partial charge < -0.3 is 10.0 Å². The Kier molecular flexibility index (Phi) is 4.46. The molecule has 1 aliphatic heterocycles. The van der Waals surface area contributed by atoms with Gasteiger partial charge in [0.05, 0.1) is 24.2 Å². The van der Waals surface area contributed by atoms with Crippen molar-refractivity contribution in [2.75, 3.05) is 11.4 Å². The molecule has 0 spiro atoms. The summed E-state index contributed by atoms with van der Waals surface area (Å²) in [6.07, 6.45) is 10.6. The summed E-state index contributed by atoms with van der Waals surface area (Å²) in [6, 6.07) is 2.42. The monoisotopic (exact) mass is 341 g/mol. The largest absolute Gasteiger partial charge is 0.391 e. The third-order valence-corrected chi connectivity index (χ3v) is 5.65. The Labute approximate surface area is 148 Å². The van der Waals surface area contributed by atoms with Crippen molar-refractivity contribution in [1.29, 1.82) is 0 Å². The smallest absolute Gasteiger partial charge is 0.174 e. The molecular weight excluding hydrogens is 314 g/mol. The molecule has 2 aromatic rings. The highest BCUT2D eigenvalue weighted by Crippen LogP contribution is 2.36. The lowest BCUT2D eigenvalue weighted by molar-refractivity contribution is 0.185. The maximum Gasteiger partial charge on any atom is 0.174 e. The van der Waals surface area contributed by atoms with Gasteiger partial charge in [0.2, 0.25) is 0 Å². The molecule has 0 unspecified atom stereocenters. The van der Waals surface area contributed by atoms with Crippen LogP contribution in [0.2, 0.25) is 0 Å². The Hall–Kier alpha value is -1.95. The highest BCUT2D eigenvalue weighted by molar-refractivity contribution is 5.43. The predicted molar refractivity (Wildman–Crippen MR) is 97.0 cm³/mol. The zero-order valence-electron chi connectivity index (χ0n) is 15.1. The fourth-order valence-corrected chi connectivity index (χ4v) is 4.52. The van der Waals surface area contributed by atoms with E-state index in [1.54, 1.807) is 6.20 Å². The summed E-state index contributed by atoms with van der Waals surface area (Å²) in [7, 11) is 0. The van der Waals surface area contributed by atoms with Gasteiger partial charge in [-0.1, -0.05) is 19.3 Å². The Morgan fingerprint density at radius 2 is 1.84 bits per heavy atom. The molecule has 1 saturated heterocycles. The van der Waals surface area contributed by atoms with E-state index in [0.29, 0.717) is 18.5 Å². The van der Waals surface area contributed by atoms with Crippen LogP contribution < -0.4 is 4.90 Å². The van der Waals surface area contributed by atoms with Gasteiger partial charge in [-0.05, 0) is 45.1 Å². The average Bonchev–Trinajstić information content (AvgIpc) is 3.18. The fourth-order valence-electron chi connectivity index (χ4n) is 4.52. The van der Waals surface area contributed by atoms with Crippen LogP contribution in [0, 0.1) is 19.8 Å². The molecule has 1 saturated carbocycles. The van der Waals surface area contributed by atoms with Gasteiger partial charge in [-0.3, -0.25) is 4.98 Å². The van der Waals surface area contributed by atoms with Crippen LogP contribution in [-0.4, -0.2) is 43.5 Å². The van der Waals surface area contributed by atoms with Gasteiger partial charge in [-0.2, -0.15) is 5.10 Å². The zero-order chi connectivity index (χ0) is 17.4. The Morgan fingerprint density at radius 1 is 1.08 bits per heavy atom. The number of β-amino-alcohol motifs (C(OH)–C–C–N with tert-alkyl or cyclic N) is 1. The molecule has 4 rings (SSSR count). The van der Waals surface area contributed by atoms with Crippen molar-refractivity contribution in [3.05, 3.63) is 29.8 Å². The summed E-state index contributed by atoms with van der Waals surface area (Å²) in [5, 5.41) is 14.8. The maximum absolute atomic E-state index is 10.3. The van der Waals surface area contributed by atoms with Crippen molar-refractivity contribution >= 4 is 5.82 Å². The molecule has 134 valence electrons. The minimum Gasteiger partial charge on any atom is -0.391 e. The summed E-state index contributed by atoms with van der Waals surface area (Å²) >= 11 is 0. The number of aromatic nitrogens is 4. The third kappa shape index (κ3) is 3.27. The normalized spacial score (nSPS) is 24.8. The number of aliphatic hydroxyl groups excluding tert-OH is 1. The second-order valence-corrected chi connectivity index (χ2v) is 7.58. The lowest BCUT2D eigenvalue weighted by Crippen LogP contribution is -2.37. The first kappa shape index (κ1) is 16.5. The molecule has 3 heterocycles. The van der Waals surface area contributed by atoms with E-state index in [4.69, 9.17) is 4.98 Å². The lowest BCUT2D eigenvalue weighted by Gasteiger charge is -2.34. The Morgan fingerprint density at radius 3 is 2.56 bits per heavy atom. The number of anilines is 1. The summed E-state index contributed by atoms with van der Waals surface area (Å²) in [5.41, 5.74) is 2.02. The van der Waals surface area contributed by atoms with Gasteiger partial charge in [0.15, 0.2) is 5.82 Å². The van der Waals surface area contributed by atoms with E-state index in [-0.39, 0.29) is 6.10 Å². The van der Waals surface area contributed by atoms with Gasteiger partial charge in [-0.25, -0.2) is 9.67 Å². The van der Waals surface area contributed by atoms with Gasteiger partial charge in [0.1, 0.15) is 5.82 Å². The Bertz CT molecular complexity index is 737. The van der Waals surface area contributed by atoms with Crippen LogP contribution in [0.15, 0.2) is 18.5 Å². The first-order valence-corrected chi connectivity index (χ1v) is 9.42. The van der Waals surface area contributed by atoms with Crippen LogP contribution >= 0.6 is 0 Å². The first-order chi connectivity index (χ1) is 12.1. The molecule has 0 radical (unpaired) electrons. The van der Waals surface area contributed by atoms with Crippen molar-refractivity contribution in [3.8, 4) is 5.82 Å². The molecule has 0 amide bonds. The molecule has 2 fully saturated rings. The van der Waals surface area contributed by atoms with Crippen molar-refractivity contribution in [2.45, 2.75) is 64.5 Å². The first-order valence-electron chi connectivity index (χ1n) is 9.42. The zero-order valence-corrected chi connectivity index (χ0v) is 15.1. The molecule has 2 aliphatic rings. The van der Waals surface area contributed by atoms with Crippen LogP contribution in [0.25, 0.3) is 5.82 Å². The van der Waals surface area contributed by atoms with Crippen LogP contribution in [0.3, 0.4) is 0 Å². The minimum absolute atomic E-state index is 0.272. The van der Waals surface area contributed by atoms with E-state index in [1.165, 1.54) is 32.1 Å².